The highest BCUT2D eigenvalue weighted by atomic mass is 127. The summed E-state index contributed by atoms with van der Waals surface area (Å²) in [7, 11) is 0. The standard InChI is InChI=1S/C9H13IN2/c1-5-3-7(10)4-8(6(2)11)9(5)12/h3-4,6H,11-12H2,1-2H3/t6-/m1/s1. The van der Waals surface area contributed by atoms with Gasteiger partial charge in [-0.05, 0) is 59.7 Å². The second kappa shape index (κ2) is 3.62. The minimum absolute atomic E-state index is 0.0124. The van der Waals surface area contributed by atoms with Crippen molar-refractivity contribution < 1.29 is 0 Å². The highest BCUT2D eigenvalue weighted by Crippen LogP contribution is 2.24. The number of anilines is 1. The maximum atomic E-state index is 5.87. The molecule has 66 valence electrons. The van der Waals surface area contributed by atoms with Crippen molar-refractivity contribution in [2.24, 2.45) is 5.73 Å². The molecule has 0 spiro atoms. The van der Waals surface area contributed by atoms with E-state index >= 15 is 0 Å². The summed E-state index contributed by atoms with van der Waals surface area (Å²) in [5.41, 5.74) is 14.6. The molecular formula is C9H13IN2. The Morgan fingerprint density at radius 3 is 2.50 bits per heavy atom. The Morgan fingerprint density at radius 2 is 2.00 bits per heavy atom. The molecule has 0 aromatic heterocycles. The SMILES string of the molecule is Cc1cc(I)cc([C@@H](C)N)c1N. The minimum Gasteiger partial charge on any atom is -0.398 e. The van der Waals surface area contributed by atoms with E-state index in [0.29, 0.717) is 0 Å². The molecule has 0 unspecified atom stereocenters. The Bertz CT molecular complexity index is 295. The van der Waals surface area contributed by atoms with E-state index in [4.69, 9.17) is 11.5 Å². The lowest BCUT2D eigenvalue weighted by molar-refractivity contribution is 0.819. The molecule has 1 aromatic carbocycles. The first-order chi connectivity index (χ1) is 5.52. The fourth-order valence-corrected chi connectivity index (χ4v) is 1.96. The van der Waals surface area contributed by atoms with Crippen LogP contribution in [0.1, 0.15) is 24.1 Å². The van der Waals surface area contributed by atoms with Gasteiger partial charge in [-0.25, -0.2) is 0 Å². The van der Waals surface area contributed by atoms with E-state index in [1.165, 1.54) is 3.57 Å². The lowest BCUT2D eigenvalue weighted by atomic mass is 10.0. The van der Waals surface area contributed by atoms with Crippen LogP contribution in [-0.2, 0) is 0 Å². The molecule has 2 nitrogen and oxygen atoms in total. The van der Waals surface area contributed by atoms with Gasteiger partial charge in [-0.15, -0.1) is 0 Å². The van der Waals surface area contributed by atoms with Crippen molar-refractivity contribution >= 4 is 28.3 Å². The topological polar surface area (TPSA) is 52.0 Å². The molecule has 0 bridgehead atoms. The fourth-order valence-electron chi connectivity index (χ4n) is 1.16. The van der Waals surface area contributed by atoms with E-state index in [1.54, 1.807) is 0 Å². The molecule has 0 aliphatic carbocycles. The van der Waals surface area contributed by atoms with Gasteiger partial charge in [0.2, 0.25) is 0 Å². The first kappa shape index (κ1) is 9.80. The number of nitrogens with two attached hydrogens (primary N) is 2. The molecule has 1 atom stereocenters. The summed E-state index contributed by atoms with van der Waals surface area (Å²) >= 11 is 2.27. The largest absolute Gasteiger partial charge is 0.398 e. The third kappa shape index (κ3) is 1.90. The normalized spacial score (nSPS) is 13.0. The number of hydrogen-bond acceptors (Lipinski definition) is 2. The molecule has 12 heavy (non-hydrogen) atoms. The molecule has 0 amide bonds. The van der Waals surface area contributed by atoms with Crippen molar-refractivity contribution in [3.63, 3.8) is 0 Å². The Hall–Kier alpha value is -0.290. The average Bonchev–Trinajstić information content (AvgIpc) is 1.96. The van der Waals surface area contributed by atoms with Crippen molar-refractivity contribution in [1.29, 1.82) is 0 Å². The summed E-state index contributed by atoms with van der Waals surface area (Å²) in [4.78, 5) is 0. The predicted octanol–water partition coefficient (Wildman–Crippen LogP) is 2.20. The number of hydrogen-bond donors (Lipinski definition) is 2. The van der Waals surface area contributed by atoms with Crippen molar-refractivity contribution in [3.8, 4) is 0 Å². The second-order valence-corrected chi connectivity index (χ2v) is 4.26. The summed E-state index contributed by atoms with van der Waals surface area (Å²) in [6.07, 6.45) is 0. The van der Waals surface area contributed by atoms with Crippen LogP contribution in [0.2, 0.25) is 0 Å². The van der Waals surface area contributed by atoms with Gasteiger partial charge in [0.25, 0.3) is 0 Å². The van der Waals surface area contributed by atoms with Crippen molar-refractivity contribution in [2.75, 3.05) is 5.73 Å². The molecule has 0 aliphatic rings. The van der Waals surface area contributed by atoms with Gasteiger partial charge in [-0.3, -0.25) is 0 Å². The van der Waals surface area contributed by atoms with Crippen LogP contribution < -0.4 is 11.5 Å². The van der Waals surface area contributed by atoms with Crippen LogP contribution in [0.4, 0.5) is 5.69 Å². The number of rotatable bonds is 1. The van der Waals surface area contributed by atoms with Crippen LogP contribution in [0.15, 0.2) is 12.1 Å². The molecule has 0 saturated heterocycles. The van der Waals surface area contributed by atoms with Crippen molar-refractivity contribution in [2.45, 2.75) is 19.9 Å². The van der Waals surface area contributed by atoms with Gasteiger partial charge in [0.1, 0.15) is 0 Å². The maximum absolute atomic E-state index is 5.87. The van der Waals surface area contributed by atoms with E-state index in [0.717, 1.165) is 16.8 Å². The molecule has 4 N–H and O–H groups in total. The fraction of sp³-hybridized carbons (Fsp3) is 0.333. The maximum Gasteiger partial charge on any atom is 0.0392 e. The molecule has 1 aromatic rings. The summed E-state index contributed by atoms with van der Waals surface area (Å²) in [5.74, 6) is 0. The van der Waals surface area contributed by atoms with Crippen molar-refractivity contribution in [3.05, 3.63) is 26.8 Å². The van der Waals surface area contributed by atoms with E-state index in [2.05, 4.69) is 28.7 Å². The second-order valence-electron chi connectivity index (χ2n) is 3.01. The number of halogens is 1. The lowest BCUT2D eigenvalue weighted by Crippen LogP contribution is -2.09. The molecule has 0 heterocycles. The van der Waals surface area contributed by atoms with Gasteiger partial charge in [0.15, 0.2) is 0 Å². The number of aryl methyl sites for hydroxylation is 1. The minimum atomic E-state index is 0.0124. The summed E-state index contributed by atoms with van der Waals surface area (Å²) in [6.45, 7) is 3.95. The van der Waals surface area contributed by atoms with E-state index in [9.17, 15) is 0 Å². The molecule has 1 rings (SSSR count). The molecule has 0 saturated carbocycles. The highest BCUT2D eigenvalue weighted by Gasteiger charge is 2.07. The number of benzene rings is 1. The highest BCUT2D eigenvalue weighted by molar-refractivity contribution is 14.1. The Morgan fingerprint density at radius 1 is 1.42 bits per heavy atom. The van der Waals surface area contributed by atoms with E-state index in [1.807, 2.05) is 19.9 Å². The first-order valence-corrected chi connectivity index (χ1v) is 4.91. The Balaban J connectivity index is 3.28. The smallest absolute Gasteiger partial charge is 0.0392 e. The molecule has 3 heteroatoms. The Labute approximate surface area is 86.5 Å². The molecular weight excluding hydrogens is 263 g/mol. The predicted molar refractivity (Wildman–Crippen MR) is 60.9 cm³/mol. The number of nitrogen functional groups attached to an aromatic ring is 1. The zero-order chi connectivity index (χ0) is 9.30. The summed E-state index contributed by atoms with van der Waals surface area (Å²) in [6, 6.07) is 4.11. The third-order valence-electron chi connectivity index (χ3n) is 1.87. The first-order valence-electron chi connectivity index (χ1n) is 3.83. The van der Waals surface area contributed by atoms with Gasteiger partial charge in [-0.1, -0.05) is 0 Å². The summed E-state index contributed by atoms with van der Waals surface area (Å²) < 4.78 is 1.19. The van der Waals surface area contributed by atoms with Gasteiger partial charge >= 0.3 is 0 Å². The third-order valence-corrected chi connectivity index (χ3v) is 2.50. The monoisotopic (exact) mass is 276 g/mol. The van der Waals surface area contributed by atoms with Gasteiger partial charge < -0.3 is 11.5 Å². The van der Waals surface area contributed by atoms with Crippen LogP contribution in [0.25, 0.3) is 0 Å². The van der Waals surface area contributed by atoms with Gasteiger partial charge in [0, 0.05) is 15.3 Å². The molecule has 0 fully saturated rings. The summed E-state index contributed by atoms with van der Waals surface area (Å²) in [5, 5.41) is 0. The quantitative estimate of drug-likeness (QED) is 0.610. The van der Waals surface area contributed by atoms with Crippen LogP contribution in [0.3, 0.4) is 0 Å². The van der Waals surface area contributed by atoms with Crippen molar-refractivity contribution in [1.82, 2.24) is 0 Å². The average molecular weight is 276 g/mol. The Kier molecular flexibility index (Phi) is 2.95. The van der Waals surface area contributed by atoms with Crippen LogP contribution in [0.5, 0.6) is 0 Å². The zero-order valence-corrected chi connectivity index (χ0v) is 9.42. The van der Waals surface area contributed by atoms with Crippen LogP contribution in [0, 0.1) is 10.5 Å². The lowest BCUT2D eigenvalue weighted by Gasteiger charge is -2.12. The zero-order valence-electron chi connectivity index (χ0n) is 7.26. The van der Waals surface area contributed by atoms with Gasteiger partial charge in [0.05, 0.1) is 0 Å². The van der Waals surface area contributed by atoms with Gasteiger partial charge in [-0.2, -0.15) is 0 Å². The van der Waals surface area contributed by atoms with E-state index < -0.39 is 0 Å². The molecule has 0 radical (unpaired) electrons. The van der Waals surface area contributed by atoms with Crippen LogP contribution >= 0.6 is 22.6 Å². The molecule has 0 aliphatic heterocycles. The van der Waals surface area contributed by atoms with E-state index in [-0.39, 0.29) is 6.04 Å². The van der Waals surface area contributed by atoms with Crippen LogP contribution in [-0.4, -0.2) is 0 Å².